The number of halogens is 2. The molecule has 0 fully saturated rings. The average Bonchev–Trinajstić information content (AvgIpc) is 2.46. The normalized spacial score (nSPS) is 11.4. The van der Waals surface area contributed by atoms with Crippen LogP contribution in [0.3, 0.4) is 0 Å². The van der Waals surface area contributed by atoms with E-state index in [1.807, 2.05) is 12.1 Å². The van der Waals surface area contributed by atoms with E-state index in [2.05, 4.69) is 21.1 Å². The largest absolute Gasteiger partial charge is 0.489 e. The summed E-state index contributed by atoms with van der Waals surface area (Å²) in [7, 11) is 0. The molecule has 104 valence electrons. The highest BCUT2D eigenvalue weighted by molar-refractivity contribution is 9.10. The molecule has 2 aromatic carbocycles. The van der Waals surface area contributed by atoms with Gasteiger partial charge in [-0.15, -0.1) is 0 Å². The van der Waals surface area contributed by atoms with Crippen molar-refractivity contribution in [2.45, 2.75) is 6.61 Å². The standard InChI is InChI=1S/C14H12BrFN2O2/c15-11-3-5-12(6-4-11)20-8-10-2-1-9(7-13(10)16)14(17)18-19/h1-7,19H,8H2,(H2,17,18). The molecule has 0 heterocycles. The van der Waals surface area contributed by atoms with E-state index >= 15 is 0 Å². The fourth-order valence-corrected chi connectivity index (χ4v) is 1.84. The van der Waals surface area contributed by atoms with Gasteiger partial charge in [0.15, 0.2) is 5.84 Å². The second-order valence-electron chi connectivity index (χ2n) is 4.03. The average molecular weight is 339 g/mol. The first-order valence-electron chi connectivity index (χ1n) is 5.75. The Kier molecular flexibility index (Phi) is 4.57. The maximum atomic E-state index is 13.8. The van der Waals surface area contributed by atoms with E-state index in [0.29, 0.717) is 16.9 Å². The maximum absolute atomic E-state index is 13.8. The van der Waals surface area contributed by atoms with Gasteiger partial charge in [-0.05, 0) is 30.3 Å². The number of hydrogen-bond acceptors (Lipinski definition) is 3. The van der Waals surface area contributed by atoms with Crippen molar-refractivity contribution in [3.63, 3.8) is 0 Å². The molecule has 2 rings (SSSR count). The Morgan fingerprint density at radius 2 is 1.95 bits per heavy atom. The van der Waals surface area contributed by atoms with Gasteiger partial charge in [-0.3, -0.25) is 0 Å². The zero-order valence-corrected chi connectivity index (χ0v) is 12.0. The van der Waals surface area contributed by atoms with Crippen LogP contribution < -0.4 is 10.5 Å². The minimum absolute atomic E-state index is 0.101. The number of benzene rings is 2. The second-order valence-corrected chi connectivity index (χ2v) is 4.95. The van der Waals surface area contributed by atoms with Crippen molar-refractivity contribution in [2.75, 3.05) is 0 Å². The van der Waals surface area contributed by atoms with E-state index < -0.39 is 5.82 Å². The Hall–Kier alpha value is -2.08. The smallest absolute Gasteiger partial charge is 0.170 e. The molecule has 0 aliphatic heterocycles. The third-order valence-electron chi connectivity index (χ3n) is 2.66. The lowest BCUT2D eigenvalue weighted by Crippen LogP contribution is -2.13. The van der Waals surface area contributed by atoms with Crippen LogP contribution in [0.2, 0.25) is 0 Å². The highest BCUT2D eigenvalue weighted by Crippen LogP contribution is 2.18. The molecule has 20 heavy (non-hydrogen) atoms. The zero-order chi connectivity index (χ0) is 14.5. The number of ether oxygens (including phenoxy) is 1. The summed E-state index contributed by atoms with van der Waals surface area (Å²) >= 11 is 3.32. The Balaban J connectivity index is 2.08. The van der Waals surface area contributed by atoms with Crippen LogP contribution in [-0.4, -0.2) is 11.0 Å². The van der Waals surface area contributed by atoms with Crippen LogP contribution in [0.5, 0.6) is 5.75 Å². The Bertz CT molecular complexity index is 630. The number of nitrogens with zero attached hydrogens (tertiary/aromatic N) is 1. The number of oxime groups is 1. The van der Waals surface area contributed by atoms with Crippen LogP contribution in [0.1, 0.15) is 11.1 Å². The van der Waals surface area contributed by atoms with Gasteiger partial charge >= 0.3 is 0 Å². The summed E-state index contributed by atoms with van der Waals surface area (Å²) < 4.78 is 20.3. The minimum atomic E-state index is -0.466. The molecule has 0 radical (unpaired) electrons. The van der Waals surface area contributed by atoms with Gasteiger partial charge in [0, 0.05) is 15.6 Å². The fourth-order valence-electron chi connectivity index (χ4n) is 1.57. The van der Waals surface area contributed by atoms with Crippen molar-refractivity contribution in [3.05, 3.63) is 63.9 Å². The zero-order valence-electron chi connectivity index (χ0n) is 10.4. The van der Waals surface area contributed by atoms with Crippen molar-refractivity contribution >= 4 is 21.8 Å². The van der Waals surface area contributed by atoms with E-state index in [0.717, 1.165) is 4.47 Å². The monoisotopic (exact) mass is 338 g/mol. The minimum Gasteiger partial charge on any atom is -0.489 e. The van der Waals surface area contributed by atoms with Crippen LogP contribution in [-0.2, 0) is 6.61 Å². The summed E-state index contributed by atoms with van der Waals surface area (Å²) in [4.78, 5) is 0. The molecule has 0 unspecified atom stereocenters. The molecule has 0 amide bonds. The number of hydrogen-bond donors (Lipinski definition) is 2. The maximum Gasteiger partial charge on any atom is 0.170 e. The van der Waals surface area contributed by atoms with Gasteiger partial charge in [0.1, 0.15) is 18.2 Å². The van der Waals surface area contributed by atoms with Crippen molar-refractivity contribution in [1.82, 2.24) is 0 Å². The highest BCUT2D eigenvalue weighted by atomic mass is 79.9. The van der Waals surface area contributed by atoms with E-state index in [-0.39, 0.29) is 12.4 Å². The summed E-state index contributed by atoms with van der Waals surface area (Å²) in [6.45, 7) is 0.101. The topological polar surface area (TPSA) is 67.8 Å². The molecule has 4 nitrogen and oxygen atoms in total. The van der Waals surface area contributed by atoms with Crippen molar-refractivity contribution in [3.8, 4) is 5.75 Å². The first-order valence-corrected chi connectivity index (χ1v) is 6.54. The van der Waals surface area contributed by atoms with Gasteiger partial charge in [-0.1, -0.05) is 33.2 Å². The molecule has 3 N–H and O–H groups in total. The predicted molar refractivity (Wildman–Crippen MR) is 77.4 cm³/mol. The lowest BCUT2D eigenvalue weighted by atomic mass is 10.1. The number of amidine groups is 1. The van der Waals surface area contributed by atoms with Gasteiger partial charge < -0.3 is 15.7 Å². The molecule has 0 aliphatic rings. The third kappa shape index (κ3) is 3.48. The highest BCUT2D eigenvalue weighted by Gasteiger charge is 2.07. The Morgan fingerprint density at radius 3 is 2.55 bits per heavy atom. The lowest BCUT2D eigenvalue weighted by Gasteiger charge is -2.08. The first kappa shape index (κ1) is 14.3. The molecule has 0 saturated carbocycles. The van der Waals surface area contributed by atoms with Gasteiger partial charge in [0.2, 0.25) is 0 Å². The molecule has 0 spiro atoms. The molecular weight excluding hydrogens is 327 g/mol. The predicted octanol–water partition coefficient (Wildman–Crippen LogP) is 3.26. The summed E-state index contributed by atoms with van der Waals surface area (Å²) in [6.07, 6.45) is 0. The van der Waals surface area contributed by atoms with Crippen LogP contribution in [0, 0.1) is 5.82 Å². The molecule has 0 bridgehead atoms. The first-order chi connectivity index (χ1) is 9.60. The van der Waals surface area contributed by atoms with Gasteiger partial charge in [-0.2, -0.15) is 0 Å². The number of rotatable bonds is 4. The van der Waals surface area contributed by atoms with Crippen LogP contribution in [0.15, 0.2) is 52.1 Å². The van der Waals surface area contributed by atoms with Crippen molar-refractivity contribution in [1.29, 1.82) is 0 Å². The molecule has 0 aliphatic carbocycles. The van der Waals surface area contributed by atoms with Crippen LogP contribution in [0.25, 0.3) is 0 Å². The summed E-state index contributed by atoms with van der Waals surface area (Å²) in [5.41, 5.74) is 6.10. The van der Waals surface area contributed by atoms with Gasteiger partial charge in [-0.25, -0.2) is 4.39 Å². The fraction of sp³-hybridized carbons (Fsp3) is 0.0714. The summed E-state index contributed by atoms with van der Waals surface area (Å²) in [5.74, 6) is 0.0450. The van der Waals surface area contributed by atoms with E-state index in [1.165, 1.54) is 6.07 Å². The second kappa shape index (κ2) is 6.38. The molecular formula is C14H12BrFN2O2. The summed E-state index contributed by atoms with van der Waals surface area (Å²) in [5, 5.41) is 11.4. The number of nitrogens with two attached hydrogens (primary N) is 1. The molecule has 2 aromatic rings. The van der Waals surface area contributed by atoms with E-state index in [1.54, 1.807) is 24.3 Å². The molecule has 0 aromatic heterocycles. The Labute approximate surface area is 123 Å². The van der Waals surface area contributed by atoms with Gasteiger partial charge in [0.05, 0.1) is 0 Å². The van der Waals surface area contributed by atoms with Crippen molar-refractivity contribution in [2.24, 2.45) is 10.9 Å². The van der Waals surface area contributed by atoms with Crippen molar-refractivity contribution < 1.29 is 14.3 Å². The summed E-state index contributed by atoms with van der Waals surface area (Å²) in [6, 6.07) is 11.6. The SMILES string of the molecule is N/C(=N\O)c1ccc(COc2ccc(Br)cc2)c(F)c1. The lowest BCUT2D eigenvalue weighted by molar-refractivity contribution is 0.300. The quantitative estimate of drug-likeness (QED) is 0.389. The van der Waals surface area contributed by atoms with Crippen LogP contribution in [0.4, 0.5) is 4.39 Å². The van der Waals surface area contributed by atoms with Crippen LogP contribution >= 0.6 is 15.9 Å². The molecule has 6 heteroatoms. The molecule has 0 saturated heterocycles. The Morgan fingerprint density at radius 1 is 1.25 bits per heavy atom. The van der Waals surface area contributed by atoms with Gasteiger partial charge in [0.25, 0.3) is 0 Å². The van der Waals surface area contributed by atoms with E-state index in [9.17, 15) is 4.39 Å². The van der Waals surface area contributed by atoms with E-state index in [4.69, 9.17) is 15.7 Å². The molecule has 0 atom stereocenters. The third-order valence-corrected chi connectivity index (χ3v) is 3.19.